The van der Waals surface area contributed by atoms with Crippen molar-refractivity contribution in [2.45, 2.75) is 65.6 Å². The van der Waals surface area contributed by atoms with Crippen molar-refractivity contribution in [1.82, 2.24) is 15.1 Å². The van der Waals surface area contributed by atoms with Crippen LogP contribution < -0.4 is 5.32 Å². The summed E-state index contributed by atoms with van der Waals surface area (Å²) in [6, 6.07) is 1.44. The maximum atomic E-state index is 9.15. The summed E-state index contributed by atoms with van der Waals surface area (Å²) in [5, 5.41) is 21.8. The van der Waals surface area contributed by atoms with E-state index in [1.54, 1.807) is 0 Å². The van der Waals surface area contributed by atoms with Crippen molar-refractivity contribution in [2.75, 3.05) is 45.9 Å². The molecule has 0 heterocycles. The second kappa shape index (κ2) is 13.3. The quantitative estimate of drug-likeness (QED) is 0.420. The molecule has 3 N–H and O–H groups in total. The molecule has 0 bridgehead atoms. The van der Waals surface area contributed by atoms with Gasteiger partial charge < -0.3 is 20.4 Å². The van der Waals surface area contributed by atoms with Gasteiger partial charge in [-0.25, -0.2) is 0 Å². The summed E-state index contributed by atoms with van der Waals surface area (Å²) in [5.41, 5.74) is 0. The van der Waals surface area contributed by atoms with E-state index in [-0.39, 0.29) is 13.2 Å². The second-order valence-corrected chi connectivity index (χ2v) is 6.51. The molecule has 134 valence electrons. The second-order valence-electron chi connectivity index (χ2n) is 6.51. The molecule has 0 spiro atoms. The molecule has 0 aromatic carbocycles. The minimum absolute atomic E-state index is 0.150. The summed E-state index contributed by atoms with van der Waals surface area (Å²) in [7, 11) is 0. The lowest BCUT2D eigenvalue weighted by Gasteiger charge is -2.34. The molecule has 5 heteroatoms. The topological polar surface area (TPSA) is 59.0 Å². The van der Waals surface area contributed by atoms with Gasteiger partial charge in [-0.3, -0.25) is 4.90 Å². The summed E-state index contributed by atoms with van der Waals surface area (Å²) in [4.78, 5) is 4.69. The zero-order valence-electron chi connectivity index (χ0n) is 15.4. The van der Waals surface area contributed by atoms with Gasteiger partial charge in [-0.05, 0) is 46.3 Å². The van der Waals surface area contributed by atoms with Gasteiger partial charge in [0.1, 0.15) is 0 Å². The molecule has 0 rings (SSSR count). The van der Waals surface area contributed by atoms with Crippen LogP contribution >= 0.6 is 0 Å². The Labute approximate surface area is 137 Å². The van der Waals surface area contributed by atoms with Crippen molar-refractivity contribution in [3.05, 3.63) is 0 Å². The third kappa shape index (κ3) is 9.74. The first-order chi connectivity index (χ1) is 10.5. The highest BCUT2D eigenvalue weighted by Crippen LogP contribution is 2.12. The van der Waals surface area contributed by atoms with Crippen molar-refractivity contribution in [3.8, 4) is 0 Å². The van der Waals surface area contributed by atoms with E-state index in [0.717, 1.165) is 26.1 Å². The van der Waals surface area contributed by atoms with Gasteiger partial charge >= 0.3 is 0 Å². The van der Waals surface area contributed by atoms with E-state index in [1.165, 1.54) is 6.42 Å². The summed E-state index contributed by atoms with van der Waals surface area (Å²) in [6.45, 7) is 15.9. The van der Waals surface area contributed by atoms with Crippen LogP contribution in [-0.4, -0.2) is 84.1 Å². The number of rotatable bonds is 14. The van der Waals surface area contributed by atoms with Crippen LogP contribution in [0.2, 0.25) is 0 Å². The summed E-state index contributed by atoms with van der Waals surface area (Å²) in [5.74, 6) is 0. The van der Waals surface area contributed by atoms with Crippen molar-refractivity contribution in [2.24, 2.45) is 0 Å². The fourth-order valence-electron chi connectivity index (χ4n) is 2.96. The molecule has 0 aromatic rings. The molecule has 2 unspecified atom stereocenters. The summed E-state index contributed by atoms with van der Waals surface area (Å²) in [6.07, 6.45) is 2.23. The molecule has 0 radical (unpaired) electrons. The van der Waals surface area contributed by atoms with E-state index >= 15 is 0 Å². The van der Waals surface area contributed by atoms with Crippen LogP contribution in [0.4, 0.5) is 0 Å². The number of aliphatic hydroxyl groups excluding tert-OH is 2. The Hall–Kier alpha value is -0.200. The molecule has 2 atom stereocenters. The molecule has 0 aliphatic heterocycles. The van der Waals surface area contributed by atoms with Crippen LogP contribution in [0.1, 0.15) is 47.5 Å². The van der Waals surface area contributed by atoms with Gasteiger partial charge in [-0.2, -0.15) is 0 Å². The number of nitrogens with zero attached hydrogens (tertiary/aromatic N) is 2. The smallest absolute Gasteiger partial charge is 0.0558 e. The average molecular weight is 318 g/mol. The maximum Gasteiger partial charge on any atom is 0.0558 e. The molecular formula is C17H39N3O2. The number of hydrogen-bond donors (Lipinski definition) is 3. The van der Waals surface area contributed by atoms with Crippen LogP contribution in [0.15, 0.2) is 0 Å². The van der Waals surface area contributed by atoms with Crippen molar-refractivity contribution in [1.29, 1.82) is 0 Å². The van der Waals surface area contributed by atoms with Crippen molar-refractivity contribution < 1.29 is 10.2 Å². The third-order valence-electron chi connectivity index (χ3n) is 4.28. The zero-order chi connectivity index (χ0) is 17.0. The lowest BCUT2D eigenvalue weighted by molar-refractivity contribution is 0.101. The number of hydrogen-bond acceptors (Lipinski definition) is 5. The van der Waals surface area contributed by atoms with E-state index in [4.69, 9.17) is 10.2 Å². The Bertz CT molecular complexity index is 246. The normalized spacial score (nSPS) is 15.0. The van der Waals surface area contributed by atoms with E-state index in [9.17, 15) is 0 Å². The molecule has 0 fully saturated rings. The maximum absolute atomic E-state index is 9.15. The highest BCUT2D eigenvalue weighted by molar-refractivity contribution is 4.75. The van der Waals surface area contributed by atoms with Gasteiger partial charge in [-0.1, -0.05) is 20.8 Å². The lowest BCUT2D eigenvalue weighted by Crippen LogP contribution is -2.43. The van der Waals surface area contributed by atoms with Crippen molar-refractivity contribution in [3.63, 3.8) is 0 Å². The SMILES string of the molecule is CCN(CCCNC(C)C)C(C)CC(C)N(CCO)CCO. The molecule has 0 saturated carbocycles. The molecule has 0 aliphatic rings. The molecule has 0 amide bonds. The fourth-order valence-corrected chi connectivity index (χ4v) is 2.96. The lowest BCUT2D eigenvalue weighted by atomic mass is 10.1. The Kier molecular flexibility index (Phi) is 13.1. The van der Waals surface area contributed by atoms with E-state index < -0.39 is 0 Å². The van der Waals surface area contributed by atoms with Crippen LogP contribution in [0.3, 0.4) is 0 Å². The largest absolute Gasteiger partial charge is 0.395 e. The molecule has 0 aromatic heterocycles. The van der Waals surface area contributed by atoms with E-state index in [0.29, 0.717) is 31.2 Å². The van der Waals surface area contributed by atoms with Crippen LogP contribution in [-0.2, 0) is 0 Å². The Balaban J connectivity index is 4.23. The van der Waals surface area contributed by atoms with Gasteiger partial charge in [0.05, 0.1) is 13.2 Å². The molecule has 0 aliphatic carbocycles. The zero-order valence-corrected chi connectivity index (χ0v) is 15.4. The predicted octanol–water partition coefficient (Wildman–Crippen LogP) is 1.15. The Morgan fingerprint density at radius 1 is 0.864 bits per heavy atom. The Morgan fingerprint density at radius 3 is 1.86 bits per heavy atom. The molecular weight excluding hydrogens is 278 g/mol. The minimum Gasteiger partial charge on any atom is -0.395 e. The van der Waals surface area contributed by atoms with E-state index in [1.807, 2.05) is 0 Å². The summed E-state index contributed by atoms with van der Waals surface area (Å²) >= 11 is 0. The minimum atomic E-state index is 0.150. The first-order valence-electron chi connectivity index (χ1n) is 8.89. The van der Waals surface area contributed by atoms with Crippen LogP contribution in [0, 0.1) is 0 Å². The third-order valence-corrected chi connectivity index (χ3v) is 4.28. The van der Waals surface area contributed by atoms with Gasteiger partial charge in [-0.15, -0.1) is 0 Å². The molecule has 22 heavy (non-hydrogen) atoms. The standard InChI is InChI=1S/C17H39N3O2/c1-6-19(9-7-8-18-15(2)3)16(4)14-17(5)20(10-12-21)11-13-22/h15-18,21-22H,6-14H2,1-5H3. The van der Waals surface area contributed by atoms with Crippen LogP contribution in [0.25, 0.3) is 0 Å². The van der Waals surface area contributed by atoms with Gasteiger partial charge in [0, 0.05) is 31.2 Å². The fraction of sp³-hybridized carbons (Fsp3) is 1.00. The Morgan fingerprint density at radius 2 is 1.41 bits per heavy atom. The first kappa shape index (κ1) is 21.8. The monoisotopic (exact) mass is 317 g/mol. The summed E-state index contributed by atoms with van der Waals surface area (Å²) < 4.78 is 0. The highest BCUT2D eigenvalue weighted by Gasteiger charge is 2.19. The number of aliphatic hydroxyl groups is 2. The molecule has 5 nitrogen and oxygen atoms in total. The predicted molar refractivity (Wildman–Crippen MR) is 94.3 cm³/mol. The van der Waals surface area contributed by atoms with Crippen LogP contribution in [0.5, 0.6) is 0 Å². The van der Waals surface area contributed by atoms with E-state index in [2.05, 4.69) is 49.7 Å². The van der Waals surface area contributed by atoms with Gasteiger partial charge in [0.15, 0.2) is 0 Å². The molecule has 0 saturated heterocycles. The first-order valence-corrected chi connectivity index (χ1v) is 8.89. The van der Waals surface area contributed by atoms with Crippen molar-refractivity contribution >= 4 is 0 Å². The number of nitrogens with one attached hydrogen (secondary N) is 1. The highest BCUT2D eigenvalue weighted by atomic mass is 16.3. The van der Waals surface area contributed by atoms with Gasteiger partial charge in [0.25, 0.3) is 0 Å². The van der Waals surface area contributed by atoms with Gasteiger partial charge in [0.2, 0.25) is 0 Å². The average Bonchev–Trinajstić information content (AvgIpc) is 2.46.